The SMILES string of the molecule is C[C@@H](O)[C@@H](O)[C@H](O)C(=O)C(O)CCO. The number of hydrogen-bond acceptors (Lipinski definition) is 6. The summed E-state index contributed by atoms with van der Waals surface area (Å²) >= 11 is 0. The van der Waals surface area contributed by atoms with Gasteiger partial charge in [0.25, 0.3) is 0 Å². The van der Waals surface area contributed by atoms with Crippen LogP contribution in [0.4, 0.5) is 0 Å². The van der Waals surface area contributed by atoms with Gasteiger partial charge in [0, 0.05) is 13.0 Å². The molecule has 0 aromatic rings. The third-order valence-corrected chi connectivity index (χ3v) is 1.84. The zero-order valence-electron chi connectivity index (χ0n) is 7.87. The third-order valence-electron chi connectivity index (χ3n) is 1.84. The molecule has 0 rings (SSSR count). The molecular weight excluding hydrogens is 192 g/mol. The second kappa shape index (κ2) is 6.05. The smallest absolute Gasteiger partial charge is 0.192 e. The van der Waals surface area contributed by atoms with Crippen molar-refractivity contribution in [1.29, 1.82) is 0 Å². The van der Waals surface area contributed by atoms with E-state index in [9.17, 15) is 4.79 Å². The number of hydrogen-bond donors (Lipinski definition) is 5. The summed E-state index contributed by atoms with van der Waals surface area (Å²) in [7, 11) is 0. The summed E-state index contributed by atoms with van der Waals surface area (Å²) in [6.07, 6.45) is -6.46. The van der Waals surface area contributed by atoms with Crippen molar-refractivity contribution >= 4 is 5.78 Å². The number of carbonyl (C=O) groups excluding carboxylic acids is 1. The first kappa shape index (κ1) is 13.5. The molecule has 14 heavy (non-hydrogen) atoms. The summed E-state index contributed by atoms with van der Waals surface area (Å²) in [5.41, 5.74) is 0. The Kier molecular flexibility index (Phi) is 5.82. The third kappa shape index (κ3) is 3.69. The van der Waals surface area contributed by atoms with E-state index in [0.29, 0.717) is 0 Å². The molecule has 0 spiro atoms. The van der Waals surface area contributed by atoms with Gasteiger partial charge in [-0.1, -0.05) is 0 Å². The summed E-state index contributed by atoms with van der Waals surface area (Å²) < 4.78 is 0. The number of Topliss-reactive ketones (excluding diaryl/α,β-unsaturated/α-hetero) is 1. The lowest BCUT2D eigenvalue weighted by molar-refractivity contribution is -0.146. The predicted molar refractivity (Wildman–Crippen MR) is 46.4 cm³/mol. The lowest BCUT2D eigenvalue weighted by atomic mass is 10.0. The summed E-state index contributed by atoms with van der Waals surface area (Å²) in [6, 6.07) is 0. The lowest BCUT2D eigenvalue weighted by Gasteiger charge is -2.20. The van der Waals surface area contributed by atoms with Gasteiger partial charge < -0.3 is 25.5 Å². The zero-order valence-corrected chi connectivity index (χ0v) is 7.87. The Hall–Kier alpha value is -0.530. The van der Waals surface area contributed by atoms with Crippen molar-refractivity contribution in [1.82, 2.24) is 0 Å². The topological polar surface area (TPSA) is 118 Å². The van der Waals surface area contributed by atoms with E-state index >= 15 is 0 Å². The molecule has 84 valence electrons. The van der Waals surface area contributed by atoms with Crippen LogP contribution in [-0.2, 0) is 4.79 Å². The van der Waals surface area contributed by atoms with E-state index in [1.807, 2.05) is 0 Å². The second-order valence-corrected chi connectivity index (χ2v) is 3.11. The van der Waals surface area contributed by atoms with E-state index in [2.05, 4.69) is 0 Å². The predicted octanol–water partition coefficient (Wildman–Crippen LogP) is -2.60. The summed E-state index contributed by atoms with van der Waals surface area (Å²) in [5.74, 6) is -1.01. The molecule has 0 saturated carbocycles. The van der Waals surface area contributed by atoms with Crippen LogP contribution in [0.25, 0.3) is 0 Å². The standard InChI is InChI=1S/C8H16O6/c1-4(10)6(12)8(14)7(13)5(11)2-3-9/h4-6,8-12,14H,2-3H2,1H3/t4-,5?,6-,8+/m1/s1. The molecule has 0 heterocycles. The molecule has 0 radical (unpaired) electrons. The van der Waals surface area contributed by atoms with Crippen LogP contribution in [0.2, 0.25) is 0 Å². The number of aliphatic hydroxyl groups excluding tert-OH is 5. The van der Waals surface area contributed by atoms with E-state index < -0.39 is 36.8 Å². The van der Waals surface area contributed by atoms with Crippen molar-refractivity contribution < 1.29 is 30.3 Å². The molecular formula is C8H16O6. The van der Waals surface area contributed by atoms with Gasteiger partial charge in [-0.25, -0.2) is 0 Å². The van der Waals surface area contributed by atoms with Crippen molar-refractivity contribution in [3.8, 4) is 0 Å². The van der Waals surface area contributed by atoms with Gasteiger partial charge in [-0.3, -0.25) is 4.79 Å². The van der Waals surface area contributed by atoms with Gasteiger partial charge in [-0.2, -0.15) is 0 Å². The van der Waals surface area contributed by atoms with Gasteiger partial charge in [0.1, 0.15) is 18.3 Å². The lowest BCUT2D eigenvalue weighted by Crippen LogP contribution is -2.45. The molecule has 0 aliphatic rings. The first-order valence-electron chi connectivity index (χ1n) is 4.28. The van der Waals surface area contributed by atoms with Crippen LogP contribution in [0, 0.1) is 0 Å². The molecule has 0 aliphatic heterocycles. The van der Waals surface area contributed by atoms with Crippen LogP contribution in [0.1, 0.15) is 13.3 Å². The van der Waals surface area contributed by atoms with Crippen LogP contribution < -0.4 is 0 Å². The van der Waals surface area contributed by atoms with Crippen LogP contribution in [0.15, 0.2) is 0 Å². The van der Waals surface area contributed by atoms with Gasteiger partial charge in [-0.05, 0) is 6.92 Å². The van der Waals surface area contributed by atoms with Crippen LogP contribution in [0.3, 0.4) is 0 Å². The largest absolute Gasteiger partial charge is 0.396 e. The second-order valence-electron chi connectivity index (χ2n) is 3.11. The van der Waals surface area contributed by atoms with E-state index in [1.165, 1.54) is 6.92 Å². The normalized spacial score (nSPS) is 19.9. The Labute approximate surface area is 81.4 Å². The van der Waals surface area contributed by atoms with Crippen molar-refractivity contribution in [2.75, 3.05) is 6.61 Å². The quantitative estimate of drug-likeness (QED) is 0.327. The van der Waals surface area contributed by atoms with Gasteiger partial charge in [0.15, 0.2) is 5.78 Å². The first-order chi connectivity index (χ1) is 6.41. The van der Waals surface area contributed by atoms with Crippen molar-refractivity contribution in [2.24, 2.45) is 0 Å². The van der Waals surface area contributed by atoms with E-state index in [0.717, 1.165) is 0 Å². The highest BCUT2D eigenvalue weighted by atomic mass is 16.4. The summed E-state index contributed by atoms with van der Waals surface area (Å²) in [4.78, 5) is 11.1. The number of rotatable bonds is 6. The highest BCUT2D eigenvalue weighted by molar-refractivity contribution is 5.87. The van der Waals surface area contributed by atoms with Crippen molar-refractivity contribution in [3.63, 3.8) is 0 Å². The molecule has 0 fully saturated rings. The molecule has 6 heteroatoms. The molecule has 0 saturated heterocycles. The van der Waals surface area contributed by atoms with Gasteiger partial charge in [0.05, 0.1) is 6.10 Å². The highest BCUT2D eigenvalue weighted by Gasteiger charge is 2.31. The van der Waals surface area contributed by atoms with E-state index in [4.69, 9.17) is 25.5 Å². The van der Waals surface area contributed by atoms with E-state index in [-0.39, 0.29) is 6.42 Å². The van der Waals surface area contributed by atoms with Crippen LogP contribution >= 0.6 is 0 Å². The van der Waals surface area contributed by atoms with Crippen LogP contribution in [-0.4, -0.2) is 62.3 Å². The molecule has 5 N–H and O–H groups in total. The molecule has 1 unspecified atom stereocenters. The average molecular weight is 208 g/mol. The van der Waals surface area contributed by atoms with Gasteiger partial charge in [0.2, 0.25) is 0 Å². The minimum absolute atomic E-state index is 0.206. The monoisotopic (exact) mass is 208 g/mol. The molecule has 0 bridgehead atoms. The van der Waals surface area contributed by atoms with Crippen molar-refractivity contribution in [3.05, 3.63) is 0 Å². The fourth-order valence-corrected chi connectivity index (χ4v) is 0.894. The molecule has 0 aliphatic carbocycles. The Morgan fingerprint density at radius 1 is 1.21 bits per heavy atom. The minimum Gasteiger partial charge on any atom is -0.396 e. The molecule has 0 aromatic carbocycles. The highest BCUT2D eigenvalue weighted by Crippen LogP contribution is 2.05. The van der Waals surface area contributed by atoms with E-state index in [1.54, 1.807) is 0 Å². The maximum absolute atomic E-state index is 11.1. The molecule has 4 atom stereocenters. The first-order valence-corrected chi connectivity index (χ1v) is 4.28. The molecule has 6 nitrogen and oxygen atoms in total. The zero-order chi connectivity index (χ0) is 11.3. The average Bonchev–Trinajstić information content (AvgIpc) is 2.14. The molecule has 0 amide bonds. The fraction of sp³-hybridized carbons (Fsp3) is 0.875. The Balaban J connectivity index is 4.23. The summed E-state index contributed by atoms with van der Waals surface area (Å²) in [6.45, 7) is 0.810. The summed E-state index contributed by atoms with van der Waals surface area (Å²) in [5, 5.41) is 44.6. The Bertz CT molecular complexity index is 181. The minimum atomic E-state index is -1.84. The van der Waals surface area contributed by atoms with Crippen LogP contribution in [0.5, 0.6) is 0 Å². The fourth-order valence-electron chi connectivity index (χ4n) is 0.894. The Morgan fingerprint density at radius 2 is 1.71 bits per heavy atom. The number of ketones is 1. The Morgan fingerprint density at radius 3 is 2.07 bits per heavy atom. The number of aliphatic hydroxyl groups is 5. The maximum Gasteiger partial charge on any atom is 0.192 e. The maximum atomic E-state index is 11.1. The van der Waals surface area contributed by atoms with Gasteiger partial charge >= 0.3 is 0 Å². The van der Waals surface area contributed by atoms with Gasteiger partial charge in [-0.15, -0.1) is 0 Å². The van der Waals surface area contributed by atoms with Crippen molar-refractivity contribution in [2.45, 2.75) is 37.8 Å². The molecule has 0 aromatic heterocycles. The number of carbonyl (C=O) groups is 1.